The van der Waals surface area contributed by atoms with E-state index in [1.807, 2.05) is 59.3 Å². The molecule has 0 saturated heterocycles. The number of aromatic nitrogens is 2. The average Bonchev–Trinajstić information content (AvgIpc) is 3.68. The van der Waals surface area contributed by atoms with E-state index in [9.17, 15) is 10.2 Å². The Morgan fingerprint density at radius 3 is 1.33 bits per heavy atom. The Bertz CT molecular complexity index is 1810. The van der Waals surface area contributed by atoms with Gasteiger partial charge in [0, 0.05) is 80.9 Å². The van der Waals surface area contributed by atoms with Gasteiger partial charge in [0.1, 0.15) is 11.5 Å². The van der Waals surface area contributed by atoms with Crippen LogP contribution in [0.25, 0.3) is 22.5 Å². The van der Waals surface area contributed by atoms with Gasteiger partial charge in [-0.1, -0.05) is 79.3 Å². The molecule has 6 rings (SSSR count). The zero-order valence-electron chi connectivity index (χ0n) is 22.7. The van der Waals surface area contributed by atoms with E-state index < -0.39 is 0 Å². The van der Waals surface area contributed by atoms with Crippen LogP contribution >= 0.6 is 77.7 Å². The van der Waals surface area contributed by atoms with E-state index in [2.05, 4.69) is 51.8 Å². The molecule has 6 nitrogen and oxygen atoms in total. The van der Waals surface area contributed by atoms with E-state index in [-0.39, 0.29) is 28.0 Å². The maximum Gasteiger partial charge on any atom is 0.209 e. The van der Waals surface area contributed by atoms with Gasteiger partial charge < -0.3 is 10.2 Å². The number of aromatic hydroxyl groups is 2. The zero-order valence-corrected chi connectivity index (χ0v) is 30.0. The molecule has 0 amide bonds. The van der Waals surface area contributed by atoms with E-state index >= 15 is 0 Å². The van der Waals surface area contributed by atoms with Crippen LogP contribution < -0.4 is 0 Å². The van der Waals surface area contributed by atoms with Crippen LogP contribution in [0.4, 0.5) is 10.3 Å². The van der Waals surface area contributed by atoms with Crippen LogP contribution in [0.3, 0.4) is 0 Å². The van der Waals surface area contributed by atoms with E-state index in [4.69, 9.17) is 23.2 Å². The maximum atomic E-state index is 9.78. The number of aliphatic imine (C=N–C) groups is 2. The summed E-state index contributed by atoms with van der Waals surface area (Å²) >= 11 is 21.3. The first kappa shape index (κ1) is 35.0. The molecule has 45 heavy (non-hydrogen) atoms. The Balaban J connectivity index is 0.000000200. The predicted molar refractivity (Wildman–Crippen MR) is 191 cm³/mol. The molecule has 0 aliphatic heterocycles. The standard InChI is InChI=1S/2C16H10BrClN2OS.Ni/c2*17-12-4-1-10(2-5-12)14-9-22-16(20-14)19-8-11-3-6-13(18)7-15(11)21;/h2*1-9,21H;/b2*19-8+;. The van der Waals surface area contributed by atoms with Crippen molar-refractivity contribution in [2.75, 3.05) is 0 Å². The number of phenolic OH excluding ortho intramolecular Hbond substituents is 2. The number of nitrogens with zero attached hydrogens (tertiary/aromatic N) is 4. The van der Waals surface area contributed by atoms with Crippen molar-refractivity contribution < 1.29 is 26.7 Å². The molecule has 2 aromatic heterocycles. The van der Waals surface area contributed by atoms with Crippen molar-refractivity contribution in [2.24, 2.45) is 9.98 Å². The van der Waals surface area contributed by atoms with Crippen LogP contribution in [-0.4, -0.2) is 32.6 Å². The van der Waals surface area contributed by atoms with Gasteiger partial charge in [-0.15, -0.1) is 22.7 Å². The number of hydrogen-bond acceptors (Lipinski definition) is 8. The monoisotopic (exact) mass is 842 g/mol. The number of thiazole rings is 2. The van der Waals surface area contributed by atoms with E-state index in [1.165, 1.54) is 34.8 Å². The van der Waals surface area contributed by atoms with Gasteiger partial charge in [-0.2, -0.15) is 0 Å². The summed E-state index contributed by atoms with van der Waals surface area (Å²) in [5.74, 6) is 0.196. The molecule has 2 heterocycles. The third kappa shape index (κ3) is 10.0. The van der Waals surface area contributed by atoms with Crippen LogP contribution in [-0.2, 0) is 16.5 Å². The fourth-order valence-corrected chi connectivity index (χ4v) is 5.86. The Morgan fingerprint density at radius 1 is 0.600 bits per heavy atom. The molecule has 0 aliphatic carbocycles. The van der Waals surface area contributed by atoms with Crippen LogP contribution in [0, 0.1) is 0 Å². The molecule has 4 aromatic carbocycles. The fraction of sp³-hybridized carbons (Fsp3) is 0. The average molecular weight is 846 g/mol. The first-order valence-corrected chi connectivity index (χ1v) is 16.8. The summed E-state index contributed by atoms with van der Waals surface area (Å²) in [6, 6.07) is 25.7. The largest absolute Gasteiger partial charge is 0.507 e. The van der Waals surface area contributed by atoms with Gasteiger partial charge in [-0.3, -0.25) is 0 Å². The summed E-state index contributed by atoms with van der Waals surface area (Å²) in [7, 11) is 0. The van der Waals surface area contributed by atoms with Gasteiger partial charge in [0.05, 0.1) is 11.4 Å². The molecule has 0 saturated carbocycles. The van der Waals surface area contributed by atoms with Crippen LogP contribution in [0.1, 0.15) is 11.1 Å². The molecule has 0 bridgehead atoms. The Morgan fingerprint density at radius 2 is 0.978 bits per heavy atom. The van der Waals surface area contributed by atoms with Gasteiger partial charge in [0.25, 0.3) is 0 Å². The zero-order chi connectivity index (χ0) is 31.1. The first-order valence-electron chi connectivity index (χ1n) is 12.7. The summed E-state index contributed by atoms with van der Waals surface area (Å²) in [6.45, 7) is 0. The van der Waals surface area contributed by atoms with Gasteiger partial charge >= 0.3 is 0 Å². The van der Waals surface area contributed by atoms with E-state index in [1.54, 1.807) is 36.7 Å². The summed E-state index contributed by atoms with van der Waals surface area (Å²) in [4.78, 5) is 17.5. The van der Waals surface area contributed by atoms with Gasteiger partial charge in [-0.25, -0.2) is 20.0 Å². The van der Waals surface area contributed by atoms with E-state index in [0.717, 1.165) is 31.5 Å². The van der Waals surface area contributed by atoms with Crippen LogP contribution in [0.5, 0.6) is 11.5 Å². The molecule has 0 spiro atoms. The second-order valence-corrected chi connectivity index (χ2v) is 13.3. The summed E-state index contributed by atoms with van der Waals surface area (Å²) in [5, 5.41) is 25.7. The quantitative estimate of drug-likeness (QED) is 0.129. The molecule has 0 fully saturated rings. The summed E-state index contributed by atoms with van der Waals surface area (Å²) in [5.41, 5.74) is 5.04. The fourth-order valence-electron chi connectivity index (χ4n) is 3.66. The van der Waals surface area contributed by atoms with Crippen molar-refractivity contribution in [3.8, 4) is 34.0 Å². The Labute approximate surface area is 304 Å². The third-order valence-electron chi connectivity index (χ3n) is 5.88. The minimum Gasteiger partial charge on any atom is -0.507 e. The van der Waals surface area contributed by atoms with Crippen molar-refractivity contribution in [3.63, 3.8) is 0 Å². The SMILES string of the molecule is Oc1cc(Cl)ccc1/C=N/c1nc(-c2ccc(Br)cc2)cs1.Oc1cc(Cl)ccc1/C=N/c1nc(-c2ccc(Br)cc2)cs1.[Ni]. The number of phenols is 2. The van der Waals surface area contributed by atoms with Crippen LogP contribution in [0.15, 0.2) is 115 Å². The maximum absolute atomic E-state index is 9.78. The Hall–Kier alpha value is -2.89. The number of rotatable bonds is 6. The normalized spacial score (nSPS) is 10.9. The molecule has 0 radical (unpaired) electrons. The van der Waals surface area contributed by atoms with Crippen molar-refractivity contribution in [1.82, 2.24) is 9.97 Å². The van der Waals surface area contributed by atoms with E-state index in [0.29, 0.717) is 31.4 Å². The molecule has 13 heteroatoms. The molecule has 230 valence electrons. The molecule has 2 N–H and O–H groups in total. The van der Waals surface area contributed by atoms with Gasteiger partial charge in [-0.05, 0) is 60.7 Å². The second kappa shape index (κ2) is 16.6. The summed E-state index contributed by atoms with van der Waals surface area (Å²) < 4.78 is 2.06. The van der Waals surface area contributed by atoms with Crippen molar-refractivity contribution in [3.05, 3.63) is 126 Å². The second-order valence-electron chi connectivity index (χ2n) is 8.97. The first-order chi connectivity index (χ1) is 21.2. The topological polar surface area (TPSA) is 91.0 Å². The minimum atomic E-state index is 0. The van der Waals surface area contributed by atoms with Crippen molar-refractivity contribution in [1.29, 1.82) is 0 Å². The van der Waals surface area contributed by atoms with Crippen LogP contribution in [0.2, 0.25) is 10.0 Å². The minimum absolute atomic E-state index is 0. The molecular formula is C32H20Br2Cl2N4NiO2S2. The third-order valence-corrected chi connectivity index (χ3v) is 8.90. The molecule has 6 aromatic rings. The number of benzene rings is 4. The number of hydrogen-bond donors (Lipinski definition) is 2. The predicted octanol–water partition coefficient (Wildman–Crippen LogP) is 11.4. The molecule has 0 atom stereocenters. The smallest absolute Gasteiger partial charge is 0.209 e. The molecule has 0 aliphatic rings. The van der Waals surface area contributed by atoms with Crippen molar-refractivity contribution >= 4 is 100 Å². The molecule has 0 unspecified atom stereocenters. The molecular weight excluding hydrogens is 826 g/mol. The summed E-state index contributed by atoms with van der Waals surface area (Å²) in [6.07, 6.45) is 3.16. The van der Waals surface area contributed by atoms with Gasteiger partial charge in [0.2, 0.25) is 10.3 Å². The van der Waals surface area contributed by atoms with Crippen molar-refractivity contribution in [2.45, 2.75) is 0 Å². The van der Waals surface area contributed by atoms with Gasteiger partial charge in [0.15, 0.2) is 0 Å². The Kier molecular flexibility index (Phi) is 12.9. The number of halogens is 4.